The third-order valence-corrected chi connectivity index (χ3v) is 5.60. The minimum Gasteiger partial charge on any atom is -0.508 e. The normalized spacial score (nSPS) is 23.8. The van der Waals surface area contributed by atoms with E-state index < -0.39 is 6.09 Å². The molecule has 0 heterocycles. The van der Waals surface area contributed by atoms with Gasteiger partial charge in [-0.3, -0.25) is 9.69 Å². The average molecular weight is 359 g/mol. The second-order valence-electron chi connectivity index (χ2n) is 7.30. The maximum Gasteiger partial charge on any atom is 0.410 e. The monoisotopic (exact) mass is 359 g/mol. The highest BCUT2D eigenvalue weighted by molar-refractivity contribution is 5.72. The first-order chi connectivity index (χ1) is 12.7. The molecule has 6 nitrogen and oxygen atoms in total. The predicted octanol–water partition coefficient (Wildman–Crippen LogP) is 2.26. The number of rotatable bonds is 9. The third-order valence-electron chi connectivity index (χ3n) is 5.60. The van der Waals surface area contributed by atoms with E-state index in [2.05, 4.69) is 5.32 Å². The van der Waals surface area contributed by atoms with Gasteiger partial charge in [-0.1, -0.05) is 18.6 Å². The fourth-order valence-corrected chi connectivity index (χ4v) is 4.29. The number of phenols is 1. The number of carbonyl (C=O) groups excluding carboxylic acids is 2. The Morgan fingerprint density at radius 2 is 2.04 bits per heavy atom. The van der Waals surface area contributed by atoms with Gasteiger partial charge in [0, 0.05) is 12.6 Å². The highest BCUT2D eigenvalue weighted by Gasteiger charge is 2.44. The first kappa shape index (κ1) is 18.7. The van der Waals surface area contributed by atoms with Crippen molar-refractivity contribution in [3.63, 3.8) is 0 Å². The van der Waals surface area contributed by atoms with Crippen molar-refractivity contribution in [2.24, 2.45) is 11.8 Å². The molecule has 3 atom stereocenters. The van der Waals surface area contributed by atoms with E-state index in [-0.39, 0.29) is 24.9 Å². The van der Waals surface area contributed by atoms with Gasteiger partial charge in [0.05, 0.1) is 6.54 Å². The molecule has 2 aliphatic carbocycles. The van der Waals surface area contributed by atoms with Crippen LogP contribution in [0.15, 0.2) is 24.3 Å². The Hall–Kier alpha value is -2.08. The summed E-state index contributed by atoms with van der Waals surface area (Å²) < 4.78 is 5.36. The zero-order chi connectivity index (χ0) is 18.4. The zero-order valence-electron chi connectivity index (χ0n) is 15.0. The van der Waals surface area contributed by atoms with Gasteiger partial charge in [-0.15, -0.1) is 0 Å². The number of phenolic OH excluding ortho intramolecular Hbond substituents is 1. The van der Waals surface area contributed by atoms with Crippen molar-refractivity contribution in [3.05, 3.63) is 29.8 Å². The number of aromatic hydroxyl groups is 1. The Bertz CT molecular complexity index is 604. The highest BCUT2D eigenvalue weighted by atomic mass is 16.6. The van der Waals surface area contributed by atoms with E-state index in [4.69, 9.17) is 4.74 Å². The van der Waals surface area contributed by atoms with Gasteiger partial charge in [-0.2, -0.15) is 0 Å². The zero-order valence-corrected chi connectivity index (χ0v) is 15.0. The molecule has 1 amide bonds. The minimum absolute atomic E-state index is 0.000993. The lowest BCUT2D eigenvalue weighted by Gasteiger charge is -2.32. The second kappa shape index (κ2) is 9.03. The van der Waals surface area contributed by atoms with Gasteiger partial charge in [0.1, 0.15) is 12.4 Å². The SMILES string of the molecule is O=[C]CN(C(=O)OCCNCCc1ccc(O)cc1)C1CC2CCC1C2. The van der Waals surface area contributed by atoms with Crippen LogP contribution >= 0.6 is 0 Å². The lowest BCUT2D eigenvalue weighted by atomic mass is 9.94. The van der Waals surface area contributed by atoms with Crippen molar-refractivity contribution in [2.75, 3.05) is 26.2 Å². The third kappa shape index (κ3) is 4.75. The summed E-state index contributed by atoms with van der Waals surface area (Å²) in [5.74, 6) is 1.49. The van der Waals surface area contributed by atoms with Crippen molar-refractivity contribution in [3.8, 4) is 5.75 Å². The summed E-state index contributed by atoms with van der Waals surface area (Å²) in [4.78, 5) is 24.8. The van der Waals surface area contributed by atoms with Gasteiger partial charge >= 0.3 is 6.09 Å². The van der Waals surface area contributed by atoms with Crippen LogP contribution in [0.5, 0.6) is 5.75 Å². The summed E-state index contributed by atoms with van der Waals surface area (Å²) in [6.07, 6.45) is 6.87. The number of ether oxygens (including phenoxy) is 1. The van der Waals surface area contributed by atoms with Crippen LogP contribution in [0.4, 0.5) is 4.79 Å². The Morgan fingerprint density at radius 3 is 2.69 bits per heavy atom. The van der Waals surface area contributed by atoms with Crippen molar-refractivity contribution in [1.29, 1.82) is 0 Å². The van der Waals surface area contributed by atoms with E-state index >= 15 is 0 Å². The number of amides is 1. The molecule has 3 unspecified atom stereocenters. The Morgan fingerprint density at radius 1 is 1.23 bits per heavy atom. The van der Waals surface area contributed by atoms with Crippen LogP contribution in [0.1, 0.15) is 31.2 Å². The number of hydrogen-bond donors (Lipinski definition) is 2. The number of nitrogens with zero attached hydrogens (tertiary/aromatic N) is 1. The van der Waals surface area contributed by atoms with Crippen LogP contribution in [0.2, 0.25) is 0 Å². The molecule has 2 saturated carbocycles. The summed E-state index contributed by atoms with van der Waals surface area (Å²) in [6.45, 7) is 1.62. The van der Waals surface area contributed by atoms with Crippen molar-refractivity contribution in [2.45, 2.75) is 38.1 Å². The largest absolute Gasteiger partial charge is 0.508 e. The average Bonchev–Trinajstić information content (AvgIpc) is 3.27. The van der Waals surface area contributed by atoms with Crippen molar-refractivity contribution < 1.29 is 19.4 Å². The van der Waals surface area contributed by atoms with E-state index in [1.807, 2.05) is 18.4 Å². The standard InChI is InChI=1S/C20H27N2O4/c23-11-10-22(19-14-16-1-4-17(19)13-16)20(25)26-12-9-21-8-7-15-2-5-18(24)6-3-15/h2-3,5-6,16-17,19,21,24H,1,4,7-10,12-14H2. The molecule has 0 aliphatic heterocycles. The van der Waals surface area contributed by atoms with Crippen LogP contribution < -0.4 is 5.32 Å². The number of hydrogen-bond acceptors (Lipinski definition) is 5. The second-order valence-corrected chi connectivity index (χ2v) is 7.30. The quantitative estimate of drug-likeness (QED) is 0.661. The van der Waals surface area contributed by atoms with Gasteiger partial charge in [-0.25, -0.2) is 4.79 Å². The molecule has 2 N–H and O–H groups in total. The van der Waals surface area contributed by atoms with Gasteiger partial charge in [-0.05, 0) is 61.8 Å². The summed E-state index contributed by atoms with van der Waals surface area (Å²) in [5.41, 5.74) is 1.14. The lowest BCUT2D eigenvalue weighted by Crippen LogP contribution is -2.45. The molecule has 1 radical (unpaired) electrons. The van der Waals surface area contributed by atoms with Crippen LogP contribution in [-0.4, -0.2) is 54.7 Å². The van der Waals surface area contributed by atoms with Gasteiger partial charge in [0.25, 0.3) is 0 Å². The summed E-state index contributed by atoms with van der Waals surface area (Å²) in [5, 5.41) is 12.5. The Labute approximate surface area is 154 Å². The summed E-state index contributed by atoms with van der Waals surface area (Å²) >= 11 is 0. The maximum atomic E-state index is 12.4. The van der Waals surface area contributed by atoms with Crippen LogP contribution in [0, 0.1) is 11.8 Å². The number of nitrogens with one attached hydrogen (secondary N) is 1. The van der Waals surface area contributed by atoms with Gasteiger partial charge < -0.3 is 15.2 Å². The molecular formula is C20H27N2O4. The molecule has 2 fully saturated rings. The molecular weight excluding hydrogens is 332 g/mol. The summed E-state index contributed by atoms with van der Waals surface area (Å²) in [6, 6.07) is 7.27. The maximum absolute atomic E-state index is 12.4. The van der Waals surface area contributed by atoms with E-state index in [0.29, 0.717) is 18.4 Å². The molecule has 2 aliphatic rings. The first-order valence-corrected chi connectivity index (χ1v) is 9.44. The van der Waals surface area contributed by atoms with Gasteiger partial charge in [0.2, 0.25) is 6.29 Å². The molecule has 26 heavy (non-hydrogen) atoms. The highest BCUT2D eigenvalue weighted by Crippen LogP contribution is 2.46. The molecule has 141 valence electrons. The van der Waals surface area contributed by atoms with Crippen molar-refractivity contribution in [1.82, 2.24) is 10.2 Å². The Kier molecular flexibility index (Phi) is 6.50. The molecule has 0 saturated heterocycles. The van der Waals surface area contributed by atoms with Crippen LogP contribution in [0.3, 0.4) is 0 Å². The Balaban J connectivity index is 1.34. The smallest absolute Gasteiger partial charge is 0.410 e. The molecule has 2 bridgehead atoms. The number of carbonyl (C=O) groups is 1. The van der Waals surface area contributed by atoms with Crippen molar-refractivity contribution >= 4 is 12.4 Å². The summed E-state index contributed by atoms with van der Waals surface area (Å²) in [7, 11) is 0. The minimum atomic E-state index is -0.397. The topological polar surface area (TPSA) is 78.9 Å². The van der Waals surface area contributed by atoms with Crippen LogP contribution in [0.25, 0.3) is 0 Å². The fraction of sp³-hybridized carbons (Fsp3) is 0.600. The lowest BCUT2D eigenvalue weighted by molar-refractivity contribution is 0.0804. The molecule has 0 aromatic heterocycles. The van der Waals surface area contributed by atoms with Gasteiger partial charge in [0.15, 0.2) is 0 Å². The molecule has 1 aromatic rings. The van der Waals surface area contributed by atoms with E-state index in [1.54, 1.807) is 17.0 Å². The number of fused-ring (bicyclic) bond motifs is 2. The predicted molar refractivity (Wildman–Crippen MR) is 97.7 cm³/mol. The van der Waals surface area contributed by atoms with Crippen LogP contribution in [-0.2, 0) is 16.0 Å². The van der Waals surface area contributed by atoms with E-state index in [0.717, 1.165) is 31.4 Å². The molecule has 6 heteroatoms. The fourth-order valence-electron chi connectivity index (χ4n) is 4.29. The molecule has 3 rings (SSSR count). The van der Waals surface area contributed by atoms with E-state index in [9.17, 15) is 14.7 Å². The molecule has 0 spiro atoms. The van der Waals surface area contributed by atoms with E-state index in [1.165, 1.54) is 12.8 Å². The molecule has 1 aromatic carbocycles. The number of benzene rings is 1. The first-order valence-electron chi connectivity index (χ1n) is 9.44.